The summed E-state index contributed by atoms with van der Waals surface area (Å²) in [7, 11) is 3.82. The Morgan fingerprint density at radius 1 is 1.09 bits per heavy atom. The molecule has 0 bridgehead atoms. The minimum absolute atomic E-state index is 0.614. The molecule has 0 aliphatic carbocycles. The number of nitrogens with zero attached hydrogens (tertiary/aromatic N) is 3. The first-order valence-corrected chi connectivity index (χ1v) is 8.52. The van der Waals surface area contributed by atoms with Crippen LogP contribution >= 0.6 is 0 Å². The Morgan fingerprint density at radius 3 is 2.39 bits per heavy atom. The van der Waals surface area contributed by atoms with Gasteiger partial charge in [0.05, 0.1) is 12.7 Å². The maximum atomic E-state index is 11.0. The van der Waals surface area contributed by atoms with Crippen LogP contribution in [0.4, 0.5) is 5.69 Å². The van der Waals surface area contributed by atoms with Crippen LogP contribution in [0, 0.1) is 0 Å². The Morgan fingerprint density at radius 2 is 1.78 bits per heavy atom. The van der Waals surface area contributed by atoms with Gasteiger partial charge < -0.3 is 14.5 Å². The molecule has 2 fully saturated rings. The summed E-state index contributed by atoms with van der Waals surface area (Å²) in [5, 5.41) is 0. The van der Waals surface area contributed by atoms with E-state index in [0.29, 0.717) is 11.3 Å². The summed E-state index contributed by atoms with van der Waals surface area (Å²) in [6.45, 7) is 6.91. The predicted molar refractivity (Wildman–Crippen MR) is 92.7 cm³/mol. The summed E-state index contributed by atoms with van der Waals surface area (Å²) in [6.07, 6.45) is 3.27. The summed E-state index contributed by atoms with van der Waals surface area (Å²) in [5.74, 6) is 0.665. The second-order valence-corrected chi connectivity index (χ2v) is 6.60. The lowest BCUT2D eigenvalue weighted by molar-refractivity contribution is 0.0982. The third-order valence-electron chi connectivity index (χ3n) is 5.23. The lowest BCUT2D eigenvalue weighted by atomic mass is 10.0. The number of rotatable bonds is 4. The third-order valence-corrected chi connectivity index (χ3v) is 5.23. The maximum Gasteiger partial charge on any atom is 0.153 e. The summed E-state index contributed by atoms with van der Waals surface area (Å²) in [6, 6.07) is 6.59. The van der Waals surface area contributed by atoms with E-state index >= 15 is 0 Å². The number of anilines is 1. The quantitative estimate of drug-likeness (QED) is 0.790. The Bertz CT molecular complexity index is 533. The molecule has 0 atom stereocenters. The third kappa shape index (κ3) is 3.67. The molecule has 2 aliphatic heterocycles. The van der Waals surface area contributed by atoms with Crippen molar-refractivity contribution < 1.29 is 9.53 Å². The number of likely N-dealkylation sites (N-methyl/N-ethyl adjacent to an activating group) is 1. The molecule has 0 spiro atoms. The van der Waals surface area contributed by atoms with E-state index < -0.39 is 0 Å². The highest BCUT2D eigenvalue weighted by Gasteiger charge is 2.26. The fourth-order valence-corrected chi connectivity index (χ4v) is 3.67. The van der Waals surface area contributed by atoms with Crippen LogP contribution in [0.2, 0.25) is 0 Å². The van der Waals surface area contributed by atoms with Crippen LogP contribution in [-0.4, -0.2) is 75.6 Å². The van der Waals surface area contributed by atoms with E-state index in [2.05, 4.69) is 21.7 Å². The van der Waals surface area contributed by atoms with Gasteiger partial charge in [-0.25, -0.2) is 0 Å². The molecule has 0 saturated carbocycles. The van der Waals surface area contributed by atoms with Gasteiger partial charge in [-0.3, -0.25) is 9.69 Å². The second-order valence-electron chi connectivity index (χ2n) is 6.60. The molecule has 126 valence electrons. The van der Waals surface area contributed by atoms with Crippen LogP contribution in [0.15, 0.2) is 18.2 Å². The largest absolute Gasteiger partial charge is 0.496 e. The van der Waals surface area contributed by atoms with Gasteiger partial charge in [-0.05, 0) is 32.0 Å². The minimum atomic E-state index is 0.614. The van der Waals surface area contributed by atoms with Gasteiger partial charge in [0.15, 0.2) is 6.29 Å². The number of carbonyl (C=O) groups is 1. The van der Waals surface area contributed by atoms with Gasteiger partial charge in [0, 0.05) is 57.1 Å². The van der Waals surface area contributed by atoms with E-state index in [1.165, 1.54) is 39.0 Å². The molecule has 0 radical (unpaired) electrons. The van der Waals surface area contributed by atoms with E-state index in [-0.39, 0.29) is 0 Å². The van der Waals surface area contributed by atoms with Crippen molar-refractivity contribution in [3.8, 4) is 5.75 Å². The highest BCUT2D eigenvalue weighted by molar-refractivity contribution is 5.80. The van der Waals surface area contributed by atoms with Gasteiger partial charge >= 0.3 is 0 Å². The van der Waals surface area contributed by atoms with Crippen molar-refractivity contribution >= 4 is 12.0 Å². The zero-order valence-corrected chi connectivity index (χ0v) is 14.2. The molecule has 1 aromatic carbocycles. The summed E-state index contributed by atoms with van der Waals surface area (Å²) in [4.78, 5) is 18.5. The minimum Gasteiger partial charge on any atom is -0.496 e. The Balaban J connectivity index is 1.59. The average molecular weight is 317 g/mol. The van der Waals surface area contributed by atoms with E-state index in [9.17, 15) is 4.79 Å². The standard InChI is InChI=1S/C18H27N3O2/c1-19-9-11-21(12-10-19)16-5-7-20(8-6-16)17-4-3-15(14-22)18(13-17)23-2/h3-4,13-14,16H,5-12H2,1-2H3. The predicted octanol–water partition coefficient (Wildman–Crippen LogP) is 1.72. The van der Waals surface area contributed by atoms with E-state index in [1.807, 2.05) is 18.2 Å². The highest BCUT2D eigenvalue weighted by atomic mass is 16.5. The van der Waals surface area contributed by atoms with Crippen LogP contribution in [0.5, 0.6) is 5.75 Å². The summed E-state index contributed by atoms with van der Waals surface area (Å²) < 4.78 is 5.32. The van der Waals surface area contributed by atoms with E-state index in [0.717, 1.165) is 31.1 Å². The molecule has 2 aliphatic rings. The molecule has 23 heavy (non-hydrogen) atoms. The molecule has 5 nitrogen and oxygen atoms in total. The topological polar surface area (TPSA) is 36.0 Å². The zero-order chi connectivity index (χ0) is 16.2. The van der Waals surface area contributed by atoms with Crippen LogP contribution in [0.3, 0.4) is 0 Å². The molecule has 0 amide bonds. The zero-order valence-electron chi connectivity index (χ0n) is 14.2. The number of piperazine rings is 1. The first kappa shape index (κ1) is 16.3. The Hall–Kier alpha value is -1.59. The van der Waals surface area contributed by atoms with Crippen molar-refractivity contribution in [1.29, 1.82) is 0 Å². The number of methoxy groups -OCH3 is 1. The number of piperidine rings is 1. The van der Waals surface area contributed by atoms with Gasteiger partial charge in [-0.15, -0.1) is 0 Å². The lowest BCUT2D eigenvalue weighted by Gasteiger charge is -2.42. The van der Waals surface area contributed by atoms with E-state index in [4.69, 9.17) is 4.74 Å². The van der Waals surface area contributed by atoms with Gasteiger partial charge in [0.2, 0.25) is 0 Å². The Labute approximate surface area is 138 Å². The first-order chi connectivity index (χ1) is 11.2. The first-order valence-electron chi connectivity index (χ1n) is 8.52. The molecule has 2 heterocycles. The molecule has 0 unspecified atom stereocenters. The number of benzene rings is 1. The van der Waals surface area contributed by atoms with Crippen LogP contribution in [0.25, 0.3) is 0 Å². The highest BCUT2D eigenvalue weighted by Crippen LogP contribution is 2.28. The second kappa shape index (κ2) is 7.32. The van der Waals surface area contributed by atoms with Crippen molar-refractivity contribution in [2.75, 3.05) is 58.3 Å². The number of hydrogen-bond donors (Lipinski definition) is 0. The molecule has 0 N–H and O–H groups in total. The number of carbonyl (C=O) groups excluding carboxylic acids is 1. The van der Waals surface area contributed by atoms with Gasteiger partial charge in [0.1, 0.15) is 5.75 Å². The number of ether oxygens (including phenoxy) is 1. The van der Waals surface area contributed by atoms with Gasteiger partial charge in [0.25, 0.3) is 0 Å². The lowest BCUT2D eigenvalue weighted by Crippen LogP contribution is -2.52. The number of aldehydes is 1. The molecule has 5 heteroatoms. The molecule has 1 aromatic rings. The molecule has 2 saturated heterocycles. The van der Waals surface area contributed by atoms with Crippen LogP contribution in [-0.2, 0) is 0 Å². The average Bonchev–Trinajstić information content (AvgIpc) is 2.62. The van der Waals surface area contributed by atoms with Crippen molar-refractivity contribution in [3.63, 3.8) is 0 Å². The smallest absolute Gasteiger partial charge is 0.153 e. The van der Waals surface area contributed by atoms with Crippen LogP contribution in [0.1, 0.15) is 23.2 Å². The molecule has 3 rings (SSSR count). The maximum absolute atomic E-state index is 11.0. The number of hydrogen-bond acceptors (Lipinski definition) is 5. The molecular weight excluding hydrogens is 290 g/mol. The fourth-order valence-electron chi connectivity index (χ4n) is 3.67. The van der Waals surface area contributed by atoms with Crippen molar-refractivity contribution in [3.05, 3.63) is 23.8 Å². The van der Waals surface area contributed by atoms with Crippen molar-refractivity contribution in [2.45, 2.75) is 18.9 Å². The van der Waals surface area contributed by atoms with Crippen LogP contribution < -0.4 is 9.64 Å². The summed E-state index contributed by atoms with van der Waals surface area (Å²) >= 11 is 0. The molecule has 0 aromatic heterocycles. The summed E-state index contributed by atoms with van der Waals surface area (Å²) in [5.41, 5.74) is 1.77. The molecular formula is C18H27N3O2. The Kier molecular flexibility index (Phi) is 5.18. The van der Waals surface area contributed by atoms with Gasteiger partial charge in [-0.1, -0.05) is 0 Å². The van der Waals surface area contributed by atoms with E-state index in [1.54, 1.807) is 7.11 Å². The normalized spacial score (nSPS) is 21.4. The monoisotopic (exact) mass is 317 g/mol. The fraction of sp³-hybridized carbons (Fsp3) is 0.611. The SMILES string of the molecule is COc1cc(N2CCC(N3CCN(C)CC3)CC2)ccc1C=O. The van der Waals surface area contributed by atoms with Crippen molar-refractivity contribution in [1.82, 2.24) is 9.80 Å². The van der Waals surface area contributed by atoms with Gasteiger partial charge in [-0.2, -0.15) is 0 Å². The van der Waals surface area contributed by atoms with Crippen molar-refractivity contribution in [2.24, 2.45) is 0 Å².